The largest absolute Gasteiger partial charge is 0.351 e. The molecule has 1 aliphatic rings. The van der Waals surface area contributed by atoms with Gasteiger partial charge in [-0.2, -0.15) is 4.98 Å². The first-order chi connectivity index (χ1) is 13.5. The maximum absolute atomic E-state index is 11.3. The van der Waals surface area contributed by atoms with Crippen LogP contribution in [0.25, 0.3) is 27.8 Å². The van der Waals surface area contributed by atoms with Gasteiger partial charge in [0.15, 0.2) is 0 Å². The number of aromatic nitrogens is 5. The number of aromatic amines is 1. The molecule has 0 unspecified atom stereocenters. The normalized spacial score (nSPS) is 21.6. The Morgan fingerprint density at radius 1 is 1.32 bits per heavy atom. The standard InChI is InChI=1S/C20H21N7O/c1-12(28)26-20(2)7-14(8-20)24-19-23-10-16-15(9-22-18(16)25-19)13-3-4-17-21-5-6-27(17)11-13/h3-6,9-11,14H,7-8H2,1-2H3,(H,26,28)(H2,22,23,24,25)/t14-,20-. The number of rotatable bonds is 4. The zero-order chi connectivity index (χ0) is 19.3. The molecule has 1 fully saturated rings. The highest BCUT2D eigenvalue weighted by Gasteiger charge is 2.41. The molecule has 3 N–H and O–H groups in total. The Bertz CT molecular complexity index is 1190. The number of imidazole rings is 1. The molecule has 1 saturated carbocycles. The number of H-pyrrole nitrogens is 1. The van der Waals surface area contributed by atoms with Crippen molar-refractivity contribution in [2.75, 3.05) is 5.32 Å². The molecule has 0 radical (unpaired) electrons. The summed E-state index contributed by atoms with van der Waals surface area (Å²) in [6.07, 6.45) is 11.3. The second-order valence-corrected chi connectivity index (χ2v) is 7.76. The van der Waals surface area contributed by atoms with E-state index in [1.165, 1.54) is 0 Å². The highest BCUT2D eigenvalue weighted by atomic mass is 16.1. The number of nitrogens with zero attached hydrogens (tertiary/aromatic N) is 4. The van der Waals surface area contributed by atoms with E-state index in [4.69, 9.17) is 0 Å². The fourth-order valence-corrected chi connectivity index (χ4v) is 4.13. The molecule has 0 aliphatic heterocycles. The van der Waals surface area contributed by atoms with Gasteiger partial charge in [0.2, 0.25) is 11.9 Å². The van der Waals surface area contributed by atoms with Crippen LogP contribution in [0.15, 0.2) is 43.1 Å². The Balaban J connectivity index is 1.36. The van der Waals surface area contributed by atoms with Crippen molar-refractivity contribution in [1.82, 2.24) is 29.7 Å². The summed E-state index contributed by atoms with van der Waals surface area (Å²) in [5.41, 5.74) is 3.70. The summed E-state index contributed by atoms with van der Waals surface area (Å²) in [7, 11) is 0. The molecule has 1 aliphatic carbocycles. The molecule has 0 aromatic carbocycles. The number of hydrogen-bond donors (Lipinski definition) is 3. The zero-order valence-corrected chi connectivity index (χ0v) is 15.7. The van der Waals surface area contributed by atoms with Crippen LogP contribution in [0.2, 0.25) is 0 Å². The lowest BCUT2D eigenvalue weighted by Crippen LogP contribution is -2.59. The molecule has 0 saturated heterocycles. The van der Waals surface area contributed by atoms with Crippen LogP contribution in [0.1, 0.15) is 26.7 Å². The van der Waals surface area contributed by atoms with Crippen molar-refractivity contribution in [2.24, 2.45) is 0 Å². The molecule has 1 amide bonds. The van der Waals surface area contributed by atoms with Crippen molar-refractivity contribution in [3.63, 3.8) is 0 Å². The number of carbonyl (C=O) groups is 1. The van der Waals surface area contributed by atoms with E-state index in [2.05, 4.69) is 37.5 Å². The maximum atomic E-state index is 11.3. The third kappa shape index (κ3) is 2.87. The van der Waals surface area contributed by atoms with Gasteiger partial charge in [0.1, 0.15) is 11.3 Å². The van der Waals surface area contributed by atoms with Crippen LogP contribution in [0.5, 0.6) is 0 Å². The van der Waals surface area contributed by atoms with Crippen LogP contribution < -0.4 is 10.6 Å². The van der Waals surface area contributed by atoms with Gasteiger partial charge < -0.3 is 20.0 Å². The predicted octanol–water partition coefficient (Wildman–Crippen LogP) is 2.74. The van der Waals surface area contributed by atoms with Gasteiger partial charge in [-0.1, -0.05) is 0 Å². The molecular weight excluding hydrogens is 354 g/mol. The van der Waals surface area contributed by atoms with Gasteiger partial charge in [0.05, 0.1) is 0 Å². The molecule has 28 heavy (non-hydrogen) atoms. The first-order valence-corrected chi connectivity index (χ1v) is 9.32. The van der Waals surface area contributed by atoms with Crippen molar-refractivity contribution in [2.45, 2.75) is 38.3 Å². The Morgan fingerprint density at radius 3 is 3.00 bits per heavy atom. The topological polar surface area (TPSA) is 100 Å². The van der Waals surface area contributed by atoms with E-state index in [9.17, 15) is 4.79 Å². The van der Waals surface area contributed by atoms with E-state index in [-0.39, 0.29) is 17.5 Å². The average Bonchev–Trinajstić information content (AvgIpc) is 3.25. The predicted molar refractivity (Wildman–Crippen MR) is 107 cm³/mol. The Labute approximate surface area is 161 Å². The van der Waals surface area contributed by atoms with E-state index < -0.39 is 0 Å². The minimum Gasteiger partial charge on any atom is -0.351 e. The lowest BCUT2D eigenvalue weighted by molar-refractivity contribution is -0.121. The first-order valence-electron chi connectivity index (χ1n) is 9.32. The lowest BCUT2D eigenvalue weighted by atomic mass is 9.74. The van der Waals surface area contributed by atoms with Crippen LogP contribution >= 0.6 is 0 Å². The second kappa shape index (κ2) is 6.05. The summed E-state index contributed by atoms with van der Waals surface area (Å²) in [5.74, 6) is 0.604. The number of pyridine rings is 1. The van der Waals surface area contributed by atoms with Crippen LogP contribution in [0.3, 0.4) is 0 Å². The molecule has 4 aromatic heterocycles. The monoisotopic (exact) mass is 375 g/mol. The van der Waals surface area contributed by atoms with Crippen molar-refractivity contribution in [3.8, 4) is 11.1 Å². The molecule has 5 rings (SSSR count). The van der Waals surface area contributed by atoms with E-state index >= 15 is 0 Å². The molecule has 4 aromatic rings. The smallest absolute Gasteiger partial charge is 0.224 e. The number of carbonyl (C=O) groups excluding carboxylic acids is 1. The van der Waals surface area contributed by atoms with Gasteiger partial charge in [-0.15, -0.1) is 0 Å². The Kier molecular flexibility index (Phi) is 3.61. The molecular formula is C20H21N7O. The number of amides is 1. The fourth-order valence-electron chi connectivity index (χ4n) is 4.13. The minimum absolute atomic E-state index is 0.00594. The fraction of sp³-hybridized carbons (Fsp3) is 0.300. The van der Waals surface area contributed by atoms with Crippen LogP contribution in [-0.4, -0.2) is 41.8 Å². The summed E-state index contributed by atoms with van der Waals surface area (Å²) >= 11 is 0. The second-order valence-electron chi connectivity index (χ2n) is 7.76. The zero-order valence-electron chi connectivity index (χ0n) is 15.7. The minimum atomic E-state index is -0.140. The van der Waals surface area contributed by atoms with Crippen molar-refractivity contribution in [1.29, 1.82) is 0 Å². The summed E-state index contributed by atoms with van der Waals surface area (Å²) in [4.78, 5) is 27.9. The van der Waals surface area contributed by atoms with Crippen molar-refractivity contribution in [3.05, 3.63) is 43.1 Å². The van der Waals surface area contributed by atoms with Crippen molar-refractivity contribution < 1.29 is 4.79 Å². The third-order valence-electron chi connectivity index (χ3n) is 5.34. The van der Waals surface area contributed by atoms with Crippen molar-refractivity contribution >= 4 is 28.5 Å². The summed E-state index contributed by atoms with van der Waals surface area (Å²) in [6.45, 7) is 3.61. The van der Waals surface area contributed by atoms with E-state index in [1.807, 2.05) is 41.3 Å². The highest BCUT2D eigenvalue weighted by molar-refractivity contribution is 5.93. The molecule has 0 atom stereocenters. The SMILES string of the molecule is CC(=O)N[C@]1(C)C[C@@H](Nc2ncc3c(-c4ccc5nccn5c4)c[nH]c3n2)C1. The number of hydrogen-bond acceptors (Lipinski definition) is 5. The molecule has 8 heteroatoms. The molecule has 0 spiro atoms. The molecule has 4 heterocycles. The van der Waals surface area contributed by atoms with Gasteiger partial charge in [-0.3, -0.25) is 4.79 Å². The molecule has 8 nitrogen and oxygen atoms in total. The van der Waals surface area contributed by atoms with E-state index in [0.717, 1.165) is 40.6 Å². The summed E-state index contributed by atoms with van der Waals surface area (Å²) < 4.78 is 1.99. The van der Waals surface area contributed by atoms with E-state index in [0.29, 0.717) is 5.95 Å². The van der Waals surface area contributed by atoms with Crippen LogP contribution in [0, 0.1) is 0 Å². The lowest BCUT2D eigenvalue weighted by Gasteiger charge is -2.45. The molecule has 0 bridgehead atoms. The van der Waals surface area contributed by atoms with Crippen LogP contribution in [-0.2, 0) is 4.79 Å². The third-order valence-corrected chi connectivity index (χ3v) is 5.34. The van der Waals surface area contributed by atoms with Gasteiger partial charge >= 0.3 is 0 Å². The maximum Gasteiger partial charge on any atom is 0.224 e. The van der Waals surface area contributed by atoms with Gasteiger partial charge in [-0.25, -0.2) is 9.97 Å². The van der Waals surface area contributed by atoms with Gasteiger partial charge in [0, 0.05) is 66.0 Å². The Hall–Kier alpha value is -3.42. The van der Waals surface area contributed by atoms with Crippen LogP contribution in [0.4, 0.5) is 5.95 Å². The number of fused-ring (bicyclic) bond motifs is 2. The van der Waals surface area contributed by atoms with E-state index in [1.54, 1.807) is 13.1 Å². The van der Waals surface area contributed by atoms with Gasteiger partial charge in [-0.05, 0) is 31.9 Å². The summed E-state index contributed by atoms with van der Waals surface area (Å²) in [5, 5.41) is 7.34. The average molecular weight is 375 g/mol. The molecule has 142 valence electrons. The quantitative estimate of drug-likeness (QED) is 0.509. The number of nitrogens with one attached hydrogen (secondary N) is 3. The Morgan fingerprint density at radius 2 is 2.18 bits per heavy atom. The van der Waals surface area contributed by atoms with Gasteiger partial charge in [0.25, 0.3) is 0 Å². The number of anilines is 1. The summed E-state index contributed by atoms with van der Waals surface area (Å²) in [6, 6.07) is 4.30. The highest BCUT2D eigenvalue weighted by Crippen LogP contribution is 2.34. The first kappa shape index (κ1) is 16.7.